The fourth-order valence-electron chi connectivity index (χ4n) is 3.65. The van der Waals surface area contributed by atoms with E-state index >= 15 is 0 Å². The molecule has 1 aliphatic heterocycles. The molecular formula is C23H26N3O2+. The van der Waals surface area contributed by atoms with Crippen LogP contribution in [0.5, 0.6) is 5.75 Å². The number of ether oxygens (including phenoxy) is 1. The quantitative estimate of drug-likeness (QED) is 0.760. The van der Waals surface area contributed by atoms with E-state index < -0.39 is 0 Å². The van der Waals surface area contributed by atoms with Gasteiger partial charge in [0.25, 0.3) is 5.91 Å². The predicted molar refractivity (Wildman–Crippen MR) is 111 cm³/mol. The second-order valence-corrected chi connectivity index (χ2v) is 7.28. The van der Waals surface area contributed by atoms with E-state index in [1.54, 1.807) is 0 Å². The van der Waals surface area contributed by atoms with Crippen molar-refractivity contribution in [2.75, 3.05) is 39.8 Å². The number of carbonyl (C=O) groups excluding carboxylic acids is 1. The molecule has 144 valence electrons. The van der Waals surface area contributed by atoms with Crippen LogP contribution < -0.4 is 9.64 Å². The predicted octanol–water partition coefficient (Wildman–Crippen LogP) is 2.27. The van der Waals surface area contributed by atoms with Gasteiger partial charge in [-0.2, -0.15) is 0 Å². The number of aromatic nitrogens is 1. The van der Waals surface area contributed by atoms with Crippen molar-refractivity contribution in [1.29, 1.82) is 0 Å². The maximum Gasteiger partial charge on any atom is 0.255 e. The monoisotopic (exact) mass is 376 g/mol. The fourth-order valence-corrected chi connectivity index (χ4v) is 3.65. The average molecular weight is 376 g/mol. The van der Waals surface area contributed by atoms with Crippen molar-refractivity contribution in [3.8, 4) is 17.0 Å². The minimum atomic E-state index is 0.0956. The molecule has 0 saturated carbocycles. The summed E-state index contributed by atoms with van der Waals surface area (Å²) in [5.74, 6) is 0.932. The molecule has 0 atom stereocenters. The van der Waals surface area contributed by atoms with E-state index in [1.807, 2.05) is 66.4 Å². The number of likely N-dealkylation sites (N-methyl/N-ethyl adjacent to an activating group) is 1. The summed E-state index contributed by atoms with van der Waals surface area (Å²) in [6.45, 7) is 6.16. The summed E-state index contributed by atoms with van der Waals surface area (Å²) < 4.78 is 5.53. The van der Waals surface area contributed by atoms with Crippen LogP contribution in [0.25, 0.3) is 22.2 Å². The molecular weight excluding hydrogens is 350 g/mol. The van der Waals surface area contributed by atoms with Crippen molar-refractivity contribution in [2.24, 2.45) is 0 Å². The van der Waals surface area contributed by atoms with Gasteiger partial charge >= 0.3 is 0 Å². The standard InChI is InChI=1S/C23H25N3O2/c1-3-28-18-10-8-17(9-11-18)22-16-20(19-6-4-5-7-21(19)24-22)23(27)26-14-12-25(2)13-15-26/h4-11,16H,3,12-15H2,1-2H3/p+1. The molecule has 0 aliphatic carbocycles. The van der Waals surface area contributed by atoms with Crippen molar-refractivity contribution in [2.45, 2.75) is 6.92 Å². The van der Waals surface area contributed by atoms with E-state index in [9.17, 15) is 4.79 Å². The van der Waals surface area contributed by atoms with Crippen molar-refractivity contribution >= 4 is 16.8 Å². The molecule has 5 heteroatoms. The normalized spacial score (nSPS) is 15.0. The van der Waals surface area contributed by atoms with Crippen molar-refractivity contribution < 1.29 is 14.4 Å². The van der Waals surface area contributed by atoms with Gasteiger partial charge in [-0.05, 0) is 43.3 Å². The third kappa shape index (κ3) is 3.71. The highest BCUT2D eigenvalue weighted by molar-refractivity contribution is 6.07. The first-order chi connectivity index (χ1) is 13.7. The highest BCUT2D eigenvalue weighted by Crippen LogP contribution is 2.27. The minimum Gasteiger partial charge on any atom is -0.494 e. The van der Waals surface area contributed by atoms with Crippen LogP contribution in [-0.2, 0) is 0 Å². The highest BCUT2D eigenvalue weighted by atomic mass is 16.5. The number of hydrogen-bond acceptors (Lipinski definition) is 3. The zero-order valence-electron chi connectivity index (χ0n) is 16.4. The first-order valence-corrected chi connectivity index (χ1v) is 9.89. The number of amides is 1. The molecule has 1 fully saturated rings. The summed E-state index contributed by atoms with van der Waals surface area (Å²) in [5, 5.41) is 0.911. The number of carbonyl (C=O) groups is 1. The van der Waals surface area contributed by atoms with Crippen molar-refractivity contribution in [3.63, 3.8) is 0 Å². The lowest BCUT2D eigenvalue weighted by Crippen LogP contribution is -3.12. The van der Waals surface area contributed by atoms with Crippen LogP contribution in [0, 0.1) is 0 Å². The Kier molecular flexibility index (Phi) is 5.26. The van der Waals surface area contributed by atoms with E-state index in [0.717, 1.165) is 59.7 Å². The molecule has 0 spiro atoms. The summed E-state index contributed by atoms with van der Waals surface area (Å²) in [7, 11) is 2.17. The van der Waals surface area contributed by atoms with Crippen molar-refractivity contribution in [3.05, 3.63) is 60.2 Å². The molecule has 28 heavy (non-hydrogen) atoms. The van der Waals surface area contributed by atoms with Gasteiger partial charge in [-0.25, -0.2) is 4.98 Å². The van der Waals surface area contributed by atoms with Gasteiger partial charge in [-0.15, -0.1) is 0 Å². The molecule has 1 aromatic heterocycles. The number of benzene rings is 2. The second kappa shape index (κ2) is 7.98. The van der Waals surface area contributed by atoms with E-state index in [2.05, 4.69) is 7.05 Å². The summed E-state index contributed by atoms with van der Waals surface area (Å²) in [4.78, 5) is 21.6. The SMILES string of the molecule is CCOc1ccc(-c2cc(C(=O)N3CC[NH+](C)CC3)c3ccccc3n2)cc1. The van der Waals surface area contributed by atoms with E-state index in [4.69, 9.17) is 9.72 Å². The molecule has 1 N–H and O–H groups in total. The Bertz CT molecular complexity index is 977. The van der Waals surface area contributed by atoms with Crippen LogP contribution in [0.2, 0.25) is 0 Å². The van der Waals surface area contributed by atoms with Crippen LogP contribution in [0.1, 0.15) is 17.3 Å². The molecule has 0 unspecified atom stereocenters. The number of fused-ring (bicyclic) bond motifs is 1. The number of rotatable bonds is 4. The van der Waals surface area contributed by atoms with E-state index in [0.29, 0.717) is 6.61 Å². The van der Waals surface area contributed by atoms with Crippen LogP contribution in [0.4, 0.5) is 0 Å². The maximum atomic E-state index is 13.3. The largest absolute Gasteiger partial charge is 0.494 e. The third-order valence-electron chi connectivity index (χ3n) is 5.31. The first-order valence-electron chi connectivity index (χ1n) is 9.89. The Morgan fingerprint density at radius 3 is 2.54 bits per heavy atom. The summed E-state index contributed by atoms with van der Waals surface area (Å²) in [6, 6.07) is 17.7. The molecule has 1 saturated heterocycles. The number of piperazine rings is 1. The molecule has 2 aromatic carbocycles. The zero-order valence-corrected chi connectivity index (χ0v) is 16.4. The first kappa shape index (κ1) is 18.4. The Morgan fingerprint density at radius 2 is 1.82 bits per heavy atom. The van der Waals surface area contributed by atoms with Gasteiger partial charge in [-0.3, -0.25) is 4.79 Å². The minimum absolute atomic E-state index is 0.0956. The van der Waals surface area contributed by atoms with Gasteiger partial charge in [0.1, 0.15) is 5.75 Å². The summed E-state index contributed by atoms with van der Waals surface area (Å²) in [6.07, 6.45) is 0. The highest BCUT2D eigenvalue weighted by Gasteiger charge is 2.24. The van der Waals surface area contributed by atoms with Gasteiger partial charge in [0.2, 0.25) is 0 Å². The van der Waals surface area contributed by atoms with Crippen molar-refractivity contribution in [1.82, 2.24) is 9.88 Å². The number of hydrogen-bond donors (Lipinski definition) is 1. The van der Waals surface area contributed by atoms with Crippen LogP contribution in [0.3, 0.4) is 0 Å². The number of para-hydroxylation sites is 1. The topological polar surface area (TPSA) is 46.9 Å². The molecule has 1 amide bonds. The maximum absolute atomic E-state index is 13.3. The molecule has 1 aliphatic rings. The Hall–Kier alpha value is -2.92. The van der Waals surface area contributed by atoms with Crippen LogP contribution in [0.15, 0.2) is 54.6 Å². The molecule has 0 bridgehead atoms. The van der Waals surface area contributed by atoms with Crippen LogP contribution >= 0.6 is 0 Å². The van der Waals surface area contributed by atoms with Gasteiger partial charge in [-0.1, -0.05) is 18.2 Å². The molecule has 0 radical (unpaired) electrons. The Balaban J connectivity index is 1.74. The molecule has 5 nitrogen and oxygen atoms in total. The third-order valence-corrected chi connectivity index (χ3v) is 5.31. The lowest BCUT2D eigenvalue weighted by atomic mass is 10.0. The number of pyridine rings is 1. The summed E-state index contributed by atoms with van der Waals surface area (Å²) in [5.41, 5.74) is 3.36. The second-order valence-electron chi connectivity index (χ2n) is 7.28. The number of nitrogens with one attached hydrogen (secondary N) is 1. The smallest absolute Gasteiger partial charge is 0.255 e. The summed E-state index contributed by atoms with van der Waals surface area (Å²) >= 11 is 0. The zero-order chi connectivity index (χ0) is 19.5. The molecule has 3 aromatic rings. The van der Waals surface area contributed by atoms with Gasteiger partial charge in [0, 0.05) is 10.9 Å². The van der Waals surface area contributed by atoms with E-state index in [1.165, 1.54) is 4.90 Å². The van der Waals surface area contributed by atoms with Gasteiger partial charge in [0.05, 0.1) is 56.6 Å². The molecule has 4 rings (SSSR count). The number of nitrogens with zero attached hydrogens (tertiary/aromatic N) is 2. The van der Waals surface area contributed by atoms with E-state index in [-0.39, 0.29) is 5.91 Å². The van der Waals surface area contributed by atoms with Crippen LogP contribution in [-0.4, -0.2) is 55.6 Å². The Morgan fingerprint density at radius 1 is 1.11 bits per heavy atom. The fraction of sp³-hybridized carbons (Fsp3) is 0.304. The molecule has 2 heterocycles. The number of quaternary nitrogens is 1. The average Bonchev–Trinajstić information content (AvgIpc) is 2.74. The lowest BCUT2D eigenvalue weighted by Gasteiger charge is -2.30. The Labute approximate surface area is 165 Å². The van der Waals surface area contributed by atoms with Gasteiger partial charge in [0.15, 0.2) is 0 Å². The lowest BCUT2D eigenvalue weighted by molar-refractivity contribution is -0.883. The van der Waals surface area contributed by atoms with Gasteiger partial charge < -0.3 is 14.5 Å².